The molecule has 0 spiro atoms. The number of benzene rings is 2. The largest absolute Gasteiger partial charge is 0.497 e. The standard InChI is InChI=1S/C23H26N4O3S/c1-4-15(2)20(24-19(28)14-16-8-6-5-7-9-16)21(29)25-23-27-26-22(31-23)17-10-12-18(30-3)13-11-17/h5-13,15,20H,4,14H2,1-3H3,(H,24,28)(H,25,27,29). The highest BCUT2D eigenvalue weighted by Crippen LogP contribution is 2.28. The average molecular weight is 439 g/mol. The number of anilines is 1. The minimum atomic E-state index is -0.658. The lowest BCUT2D eigenvalue weighted by Crippen LogP contribution is -2.48. The number of amides is 2. The zero-order chi connectivity index (χ0) is 22.2. The van der Waals surface area contributed by atoms with Crippen molar-refractivity contribution in [2.24, 2.45) is 5.92 Å². The van der Waals surface area contributed by atoms with Crippen molar-refractivity contribution in [2.75, 3.05) is 12.4 Å². The summed E-state index contributed by atoms with van der Waals surface area (Å²) in [5, 5.41) is 15.0. The normalized spacial score (nSPS) is 12.6. The van der Waals surface area contributed by atoms with E-state index < -0.39 is 6.04 Å². The Morgan fingerprint density at radius 2 is 1.77 bits per heavy atom. The van der Waals surface area contributed by atoms with Crippen LogP contribution in [0.15, 0.2) is 54.6 Å². The van der Waals surface area contributed by atoms with Crippen LogP contribution in [0.3, 0.4) is 0 Å². The van der Waals surface area contributed by atoms with Gasteiger partial charge in [-0.1, -0.05) is 61.9 Å². The number of carbonyl (C=O) groups is 2. The first-order valence-electron chi connectivity index (χ1n) is 10.1. The fourth-order valence-electron chi connectivity index (χ4n) is 3.01. The molecule has 2 unspecified atom stereocenters. The molecule has 31 heavy (non-hydrogen) atoms. The van der Waals surface area contributed by atoms with Gasteiger partial charge in [0.25, 0.3) is 0 Å². The van der Waals surface area contributed by atoms with Crippen molar-refractivity contribution in [3.05, 3.63) is 60.2 Å². The fourth-order valence-corrected chi connectivity index (χ4v) is 3.77. The second-order valence-electron chi connectivity index (χ2n) is 7.22. The monoisotopic (exact) mass is 438 g/mol. The van der Waals surface area contributed by atoms with Crippen molar-refractivity contribution in [2.45, 2.75) is 32.7 Å². The summed E-state index contributed by atoms with van der Waals surface area (Å²) in [6, 6.07) is 16.3. The van der Waals surface area contributed by atoms with E-state index in [1.54, 1.807) is 7.11 Å². The molecular formula is C23H26N4O3S. The molecule has 3 rings (SSSR count). The first-order chi connectivity index (χ1) is 15.0. The number of rotatable bonds is 9. The number of carbonyl (C=O) groups excluding carboxylic acids is 2. The third-order valence-electron chi connectivity index (χ3n) is 5.01. The molecule has 1 heterocycles. The van der Waals surface area contributed by atoms with Crippen LogP contribution in [-0.4, -0.2) is 35.2 Å². The Labute approximate surface area is 185 Å². The van der Waals surface area contributed by atoms with E-state index >= 15 is 0 Å². The molecule has 0 bridgehead atoms. The number of ether oxygens (including phenoxy) is 1. The van der Waals surface area contributed by atoms with Crippen molar-refractivity contribution in [1.82, 2.24) is 15.5 Å². The van der Waals surface area contributed by atoms with Crippen LogP contribution in [0.4, 0.5) is 5.13 Å². The Kier molecular flexibility index (Phi) is 7.72. The minimum Gasteiger partial charge on any atom is -0.497 e. The van der Waals surface area contributed by atoms with E-state index in [1.165, 1.54) is 11.3 Å². The van der Waals surface area contributed by atoms with E-state index in [4.69, 9.17) is 4.74 Å². The number of nitrogens with zero attached hydrogens (tertiary/aromatic N) is 2. The molecule has 1 aromatic heterocycles. The molecule has 0 aliphatic carbocycles. The van der Waals surface area contributed by atoms with Crippen LogP contribution in [0.25, 0.3) is 10.6 Å². The summed E-state index contributed by atoms with van der Waals surface area (Å²) in [7, 11) is 1.61. The lowest BCUT2D eigenvalue weighted by atomic mass is 9.98. The van der Waals surface area contributed by atoms with Crippen LogP contribution in [0.5, 0.6) is 5.75 Å². The summed E-state index contributed by atoms with van der Waals surface area (Å²) in [6.07, 6.45) is 0.971. The van der Waals surface area contributed by atoms with Gasteiger partial charge in [-0.2, -0.15) is 0 Å². The average Bonchev–Trinajstić information content (AvgIpc) is 3.26. The maximum Gasteiger partial charge on any atom is 0.249 e. The van der Waals surface area contributed by atoms with E-state index in [0.29, 0.717) is 10.1 Å². The smallest absolute Gasteiger partial charge is 0.249 e. The first kappa shape index (κ1) is 22.4. The van der Waals surface area contributed by atoms with Crippen LogP contribution in [0.1, 0.15) is 25.8 Å². The lowest BCUT2D eigenvalue weighted by Gasteiger charge is -2.23. The molecule has 2 N–H and O–H groups in total. The Bertz CT molecular complexity index is 1010. The van der Waals surface area contributed by atoms with E-state index in [2.05, 4.69) is 20.8 Å². The molecule has 7 nitrogen and oxygen atoms in total. The summed E-state index contributed by atoms with van der Waals surface area (Å²) in [4.78, 5) is 25.4. The predicted octanol–water partition coefficient (Wildman–Crippen LogP) is 3.93. The Hall–Kier alpha value is -3.26. The van der Waals surface area contributed by atoms with Gasteiger partial charge in [-0.05, 0) is 35.7 Å². The second kappa shape index (κ2) is 10.7. The first-order valence-corrected chi connectivity index (χ1v) is 10.9. The molecule has 2 amide bonds. The van der Waals surface area contributed by atoms with Gasteiger partial charge in [0, 0.05) is 5.56 Å². The van der Waals surface area contributed by atoms with Crippen molar-refractivity contribution in [3.63, 3.8) is 0 Å². The Balaban J connectivity index is 1.66. The van der Waals surface area contributed by atoms with Gasteiger partial charge < -0.3 is 10.1 Å². The molecule has 0 aliphatic heterocycles. The second-order valence-corrected chi connectivity index (χ2v) is 8.20. The van der Waals surface area contributed by atoms with Gasteiger partial charge >= 0.3 is 0 Å². The van der Waals surface area contributed by atoms with Gasteiger partial charge in [-0.25, -0.2) is 0 Å². The van der Waals surface area contributed by atoms with E-state index in [9.17, 15) is 9.59 Å². The fraction of sp³-hybridized carbons (Fsp3) is 0.304. The highest BCUT2D eigenvalue weighted by molar-refractivity contribution is 7.18. The van der Waals surface area contributed by atoms with Crippen LogP contribution >= 0.6 is 11.3 Å². The van der Waals surface area contributed by atoms with Crippen molar-refractivity contribution < 1.29 is 14.3 Å². The van der Waals surface area contributed by atoms with E-state index in [0.717, 1.165) is 23.3 Å². The summed E-state index contributed by atoms with van der Waals surface area (Å²) < 4.78 is 5.17. The molecule has 2 aromatic carbocycles. The number of hydrogen-bond acceptors (Lipinski definition) is 6. The number of nitrogens with one attached hydrogen (secondary N) is 2. The van der Waals surface area contributed by atoms with Crippen LogP contribution in [0, 0.1) is 5.92 Å². The molecular weight excluding hydrogens is 412 g/mol. The molecule has 3 aromatic rings. The molecule has 0 aliphatic rings. The topological polar surface area (TPSA) is 93.2 Å². The van der Waals surface area contributed by atoms with Crippen molar-refractivity contribution in [1.29, 1.82) is 0 Å². The molecule has 0 saturated heterocycles. The summed E-state index contributed by atoms with van der Waals surface area (Å²) in [5.74, 6) is 0.231. The molecule has 2 atom stereocenters. The minimum absolute atomic E-state index is 0.0336. The van der Waals surface area contributed by atoms with Crippen molar-refractivity contribution >= 4 is 28.3 Å². The van der Waals surface area contributed by atoms with Crippen molar-refractivity contribution in [3.8, 4) is 16.3 Å². The predicted molar refractivity (Wildman–Crippen MR) is 122 cm³/mol. The maximum atomic E-state index is 12.9. The third kappa shape index (κ3) is 6.11. The zero-order valence-electron chi connectivity index (χ0n) is 17.8. The summed E-state index contributed by atoms with van der Waals surface area (Å²) in [6.45, 7) is 3.93. The van der Waals surface area contributed by atoms with Crippen LogP contribution in [-0.2, 0) is 16.0 Å². The Morgan fingerprint density at radius 3 is 2.42 bits per heavy atom. The highest BCUT2D eigenvalue weighted by atomic mass is 32.1. The number of hydrogen-bond donors (Lipinski definition) is 2. The molecule has 8 heteroatoms. The highest BCUT2D eigenvalue weighted by Gasteiger charge is 2.27. The van der Waals surface area contributed by atoms with E-state index in [1.807, 2.05) is 68.4 Å². The van der Waals surface area contributed by atoms with Crippen LogP contribution in [0.2, 0.25) is 0 Å². The number of aromatic nitrogens is 2. The molecule has 0 fully saturated rings. The molecule has 162 valence electrons. The van der Waals surface area contributed by atoms with Gasteiger partial charge in [-0.15, -0.1) is 10.2 Å². The molecule has 0 radical (unpaired) electrons. The third-order valence-corrected chi connectivity index (χ3v) is 5.90. The quantitative estimate of drug-likeness (QED) is 0.528. The molecule has 0 saturated carbocycles. The SMILES string of the molecule is CCC(C)C(NC(=O)Cc1ccccc1)C(=O)Nc1nnc(-c2ccc(OC)cc2)s1. The Morgan fingerprint density at radius 1 is 1.06 bits per heavy atom. The zero-order valence-corrected chi connectivity index (χ0v) is 18.6. The van der Waals surface area contributed by atoms with Gasteiger partial charge in [0.1, 0.15) is 16.8 Å². The summed E-state index contributed by atoms with van der Waals surface area (Å²) in [5.41, 5.74) is 1.78. The lowest BCUT2D eigenvalue weighted by molar-refractivity contribution is -0.127. The van der Waals surface area contributed by atoms with E-state index in [-0.39, 0.29) is 24.2 Å². The summed E-state index contributed by atoms with van der Waals surface area (Å²) >= 11 is 1.28. The number of methoxy groups -OCH3 is 1. The van der Waals surface area contributed by atoms with Gasteiger partial charge in [-0.3, -0.25) is 14.9 Å². The van der Waals surface area contributed by atoms with Gasteiger partial charge in [0.05, 0.1) is 13.5 Å². The maximum absolute atomic E-state index is 12.9. The van der Waals surface area contributed by atoms with Gasteiger partial charge in [0.2, 0.25) is 16.9 Å². The van der Waals surface area contributed by atoms with Gasteiger partial charge in [0.15, 0.2) is 0 Å². The van der Waals surface area contributed by atoms with Crippen LogP contribution < -0.4 is 15.4 Å².